The highest BCUT2D eigenvalue weighted by Gasteiger charge is 2.05. The smallest absolute Gasteiger partial charge is 0.269 e. The summed E-state index contributed by atoms with van der Waals surface area (Å²) in [7, 11) is 0. The zero-order valence-corrected chi connectivity index (χ0v) is 13.7. The predicted octanol–water partition coefficient (Wildman–Crippen LogP) is 3.32. The molecule has 0 bridgehead atoms. The highest BCUT2D eigenvalue weighted by atomic mass is 16.6. The molecule has 25 heavy (non-hydrogen) atoms. The summed E-state index contributed by atoms with van der Waals surface area (Å²) in [4.78, 5) is 10.2. The first kappa shape index (κ1) is 16.3. The van der Waals surface area contributed by atoms with Gasteiger partial charge in [0.15, 0.2) is 0 Å². The van der Waals surface area contributed by atoms with E-state index in [9.17, 15) is 10.1 Å². The van der Waals surface area contributed by atoms with Gasteiger partial charge in [0.05, 0.1) is 33.9 Å². The van der Waals surface area contributed by atoms with Crippen molar-refractivity contribution in [3.8, 4) is 5.69 Å². The van der Waals surface area contributed by atoms with Crippen molar-refractivity contribution < 1.29 is 4.92 Å². The number of nitro benzene ring substituents is 1. The molecule has 1 aromatic heterocycles. The fourth-order valence-electron chi connectivity index (χ4n) is 2.26. The van der Waals surface area contributed by atoms with Crippen LogP contribution in [0.1, 0.15) is 18.2 Å². The van der Waals surface area contributed by atoms with Crippen LogP contribution in [0.25, 0.3) is 5.69 Å². The molecule has 1 heterocycles. The van der Waals surface area contributed by atoms with Crippen LogP contribution in [0.2, 0.25) is 0 Å². The second-order valence-electron chi connectivity index (χ2n) is 5.45. The molecule has 2 aromatic carbocycles. The Morgan fingerprint density at radius 2 is 1.84 bits per heavy atom. The number of benzene rings is 2. The van der Waals surface area contributed by atoms with Crippen molar-refractivity contribution in [3.63, 3.8) is 0 Å². The van der Waals surface area contributed by atoms with Crippen molar-refractivity contribution in [1.82, 2.24) is 15.0 Å². The molecule has 0 saturated carbocycles. The first-order chi connectivity index (χ1) is 12.0. The van der Waals surface area contributed by atoms with E-state index < -0.39 is 4.92 Å². The molecule has 0 unspecified atom stereocenters. The van der Waals surface area contributed by atoms with Crippen molar-refractivity contribution in [2.45, 2.75) is 13.8 Å². The van der Waals surface area contributed by atoms with Crippen LogP contribution in [-0.2, 0) is 0 Å². The lowest BCUT2D eigenvalue weighted by molar-refractivity contribution is -0.384. The van der Waals surface area contributed by atoms with E-state index in [4.69, 9.17) is 0 Å². The zero-order chi connectivity index (χ0) is 17.8. The van der Waals surface area contributed by atoms with Crippen LogP contribution in [0.4, 0.5) is 11.4 Å². The molecule has 0 atom stereocenters. The lowest BCUT2D eigenvalue weighted by atomic mass is 10.1. The molecule has 8 heteroatoms. The number of aryl methyl sites for hydroxylation is 1. The summed E-state index contributed by atoms with van der Waals surface area (Å²) in [5.74, 6) is 0. The van der Waals surface area contributed by atoms with Crippen LogP contribution in [0.3, 0.4) is 0 Å². The Hall–Kier alpha value is -3.55. The SMILES string of the molecule is C/C(=N/Nc1ccc([N+](=O)[O-])cc1)c1ccc(-n2nncc2C)cc1. The van der Waals surface area contributed by atoms with Gasteiger partial charge in [-0.1, -0.05) is 17.3 Å². The molecule has 3 aromatic rings. The lowest BCUT2D eigenvalue weighted by Crippen LogP contribution is -2.02. The number of hydrazone groups is 1. The van der Waals surface area contributed by atoms with Crippen LogP contribution in [0, 0.1) is 17.0 Å². The summed E-state index contributed by atoms with van der Waals surface area (Å²) in [6.45, 7) is 3.82. The van der Waals surface area contributed by atoms with Crippen molar-refractivity contribution >= 4 is 17.1 Å². The third-order valence-corrected chi connectivity index (χ3v) is 3.68. The van der Waals surface area contributed by atoms with Crippen LogP contribution in [-0.4, -0.2) is 25.6 Å². The van der Waals surface area contributed by atoms with Gasteiger partial charge in [-0.3, -0.25) is 15.5 Å². The van der Waals surface area contributed by atoms with Gasteiger partial charge >= 0.3 is 0 Å². The second-order valence-corrected chi connectivity index (χ2v) is 5.45. The van der Waals surface area contributed by atoms with E-state index in [1.807, 2.05) is 38.1 Å². The van der Waals surface area contributed by atoms with Gasteiger partial charge < -0.3 is 0 Å². The van der Waals surface area contributed by atoms with Gasteiger partial charge in [0, 0.05) is 12.1 Å². The first-order valence-corrected chi connectivity index (χ1v) is 7.57. The maximum Gasteiger partial charge on any atom is 0.269 e. The Kier molecular flexibility index (Phi) is 4.51. The Balaban J connectivity index is 1.72. The minimum atomic E-state index is -0.434. The van der Waals surface area contributed by atoms with E-state index in [2.05, 4.69) is 20.8 Å². The summed E-state index contributed by atoms with van der Waals surface area (Å²) in [5, 5.41) is 22.9. The van der Waals surface area contributed by atoms with E-state index >= 15 is 0 Å². The van der Waals surface area contributed by atoms with Gasteiger partial charge in [0.25, 0.3) is 5.69 Å². The number of hydrogen-bond donors (Lipinski definition) is 1. The van der Waals surface area contributed by atoms with Crippen molar-refractivity contribution in [2.75, 3.05) is 5.43 Å². The average molecular weight is 336 g/mol. The van der Waals surface area contributed by atoms with Gasteiger partial charge in [0.1, 0.15) is 0 Å². The number of rotatable bonds is 5. The van der Waals surface area contributed by atoms with E-state index in [-0.39, 0.29) is 5.69 Å². The molecular formula is C17H16N6O2. The second kappa shape index (κ2) is 6.91. The Morgan fingerprint density at radius 3 is 2.40 bits per heavy atom. The molecule has 0 fully saturated rings. The van der Waals surface area contributed by atoms with Crippen LogP contribution in [0.5, 0.6) is 0 Å². The highest BCUT2D eigenvalue weighted by molar-refractivity contribution is 5.99. The molecule has 8 nitrogen and oxygen atoms in total. The van der Waals surface area contributed by atoms with Crippen molar-refractivity contribution in [3.05, 3.63) is 76.1 Å². The Labute approximate surface area is 144 Å². The fraction of sp³-hybridized carbons (Fsp3) is 0.118. The number of nitrogens with zero attached hydrogens (tertiary/aromatic N) is 5. The Bertz CT molecular complexity index is 913. The summed E-state index contributed by atoms with van der Waals surface area (Å²) < 4.78 is 1.76. The number of non-ortho nitro benzene ring substituents is 1. The largest absolute Gasteiger partial charge is 0.278 e. The standard InChI is InChI=1S/C17H16N6O2/c1-12-11-18-21-22(12)16-7-3-14(4-8-16)13(2)19-20-15-5-9-17(10-6-15)23(24)25/h3-11,20H,1-2H3/b19-13-. The van der Waals surface area contributed by atoms with E-state index in [1.54, 1.807) is 23.0 Å². The monoisotopic (exact) mass is 336 g/mol. The van der Waals surface area contributed by atoms with Crippen LogP contribution < -0.4 is 5.43 Å². The molecule has 1 N–H and O–H groups in total. The molecule has 0 saturated heterocycles. The minimum Gasteiger partial charge on any atom is -0.278 e. The van der Waals surface area contributed by atoms with E-state index in [1.165, 1.54) is 12.1 Å². The quantitative estimate of drug-likeness (QED) is 0.438. The minimum absolute atomic E-state index is 0.0465. The molecule has 0 aliphatic rings. The van der Waals surface area contributed by atoms with E-state index in [0.29, 0.717) is 5.69 Å². The molecule has 0 amide bonds. The van der Waals surface area contributed by atoms with E-state index in [0.717, 1.165) is 22.7 Å². The van der Waals surface area contributed by atoms with Gasteiger partial charge in [-0.2, -0.15) is 5.10 Å². The fourth-order valence-corrected chi connectivity index (χ4v) is 2.26. The number of anilines is 1. The normalized spacial score (nSPS) is 11.4. The first-order valence-electron chi connectivity index (χ1n) is 7.57. The van der Waals surface area contributed by atoms with Crippen molar-refractivity contribution in [2.24, 2.45) is 5.10 Å². The Morgan fingerprint density at radius 1 is 1.16 bits per heavy atom. The average Bonchev–Trinajstić information content (AvgIpc) is 3.06. The van der Waals surface area contributed by atoms with Gasteiger partial charge in [-0.25, -0.2) is 4.68 Å². The predicted molar refractivity (Wildman–Crippen MR) is 95.0 cm³/mol. The molecule has 0 spiro atoms. The summed E-state index contributed by atoms with van der Waals surface area (Å²) >= 11 is 0. The topological polar surface area (TPSA) is 98.2 Å². The molecule has 0 aliphatic carbocycles. The summed E-state index contributed by atoms with van der Waals surface area (Å²) in [6.07, 6.45) is 1.70. The number of hydrogen-bond acceptors (Lipinski definition) is 6. The van der Waals surface area contributed by atoms with Crippen molar-refractivity contribution in [1.29, 1.82) is 0 Å². The lowest BCUT2D eigenvalue weighted by Gasteiger charge is -2.06. The molecular weight excluding hydrogens is 320 g/mol. The van der Waals surface area contributed by atoms with Crippen LogP contribution in [0.15, 0.2) is 59.8 Å². The maximum atomic E-state index is 10.6. The highest BCUT2D eigenvalue weighted by Crippen LogP contribution is 2.16. The number of nitrogens with one attached hydrogen (secondary N) is 1. The molecule has 3 rings (SSSR count). The van der Waals surface area contributed by atoms with Gasteiger partial charge in [-0.15, -0.1) is 5.10 Å². The number of aromatic nitrogens is 3. The number of nitro groups is 1. The van der Waals surface area contributed by atoms with Crippen LogP contribution >= 0.6 is 0 Å². The molecule has 0 aliphatic heterocycles. The third-order valence-electron chi connectivity index (χ3n) is 3.68. The zero-order valence-electron chi connectivity index (χ0n) is 13.7. The molecule has 0 radical (unpaired) electrons. The maximum absolute atomic E-state index is 10.6. The summed E-state index contributed by atoms with van der Waals surface area (Å²) in [5.41, 5.74) is 7.25. The third kappa shape index (κ3) is 3.69. The van der Waals surface area contributed by atoms with Gasteiger partial charge in [0.2, 0.25) is 0 Å². The van der Waals surface area contributed by atoms with Gasteiger partial charge in [-0.05, 0) is 43.7 Å². The summed E-state index contributed by atoms with van der Waals surface area (Å²) in [6, 6.07) is 13.9. The molecule has 126 valence electrons.